The molecule has 7 nitrogen and oxygen atoms in total. The molecule has 0 aromatic heterocycles. The predicted molar refractivity (Wildman–Crippen MR) is 66.9 cm³/mol. The third-order valence-electron chi connectivity index (χ3n) is 2.55. The molecule has 0 heterocycles. The standard InChI is InChI=1S/C13H12O7/c14-10(15)7-13(20,12(18)19)9(11(16)17)6-8-4-2-1-3-5-8/h1-6,20H,7H2,(H,14,15)(H,16,17)(H,18,19). The zero-order chi connectivity index (χ0) is 15.3. The minimum Gasteiger partial charge on any atom is -0.481 e. The number of aliphatic carboxylic acids is 3. The topological polar surface area (TPSA) is 132 Å². The summed E-state index contributed by atoms with van der Waals surface area (Å²) in [7, 11) is 0. The molecule has 0 aliphatic carbocycles. The molecular weight excluding hydrogens is 268 g/mol. The number of carbonyl (C=O) groups is 3. The van der Waals surface area contributed by atoms with Crippen molar-refractivity contribution in [2.45, 2.75) is 12.0 Å². The van der Waals surface area contributed by atoms with Crippen LogP contribution in [0.25, 0.3) is 6.08 Å². The van der Waals surface area contributed by atoms with E-state index in [0.29, 0.717) is 5.56 Å². The maximum Gasteiger partial charge on any atom is 0.341 e. The summed E-state index contributed by atoms with van der Waals surface area (Å²) in [6.45, 7) is 0. The maximum absolute atomic E-state index is 11.2. The number of benzene rings is 1. The third kappa shape index (κ3) is 3.42. The molecule has 20 heavy (non-hydrogen) atoms. The van der Waals surface area contributed by atoms with Gasteiger partial charge in [0.15, 0.2) is 0 Å². The van der Waals surface area contributed by atoms with Crippen molar-refractivity contribution in [3.63, 3.8) is 0 Å². The van der Waals surface area contributed by atoms with Crippen LogP contribution in [0.1, 0.15) is 12.0 Å². The van der Waals surface area contributed by atoms with Gasteiger partial charge in [0.25, 0.3) is 0 Å². The van der Waals surface area contributed by atoms with Gasteiger partial charge in [-0.05, 0) is 11.6 Å². The highest BCUT2D eigenvalue weighted by atomic mass is 16.4. The Bertz CT molecular complexity index is 561. The molecule has 1 rings (SSSR count). The monoisotopic (exact) mass is 280 g/mol. The number of carboxylic acids is 3. The SMILES string of the molecule is O=C(O)CC(O)(C(=O)O)C(=Cc1ccccc1)C(=O)O. The van der Waals surface area contributed by atoms with Crippen molar-refractivity contribution < 1.29 is 34.8 Å². The smallest absolute Gasteiger partial charge is 0.341 e. The number of rotatable bonds is 6. The average molecular weight is 280 g/mol. The van der Waals surface area contributed by atoms with Crippen LogP contribution < -0.4 is 0 Å². The van der Waals surface area contributed by atoms with Crippen LogP contribution in [0.2, 0.25) is 0 Å². The molecule has 106 valence electrons. The van der Waals surface area contributed by atoms with E-state index in [1.165, 1.54) is 12.1 Å². The van der Waals surface area contributed by atoms with Crippen molar-refractivity contribution in [2.24, 2.45) is 0 Å². The Balaban J connectivity index is 3.37. The van der Waals surface area contributed by atoms with Crippen LogP contribution in [0.5, 0.6) is 0 Å². The van der Waals surface area contributed by atoms with Crippen molar-refractivity contribution in [1.82, 2.24) is 0 Å². The lowest BCUT2D eigenvalue weighted by Crippen LogP contribution is -2.45. The number of hydrogen-bond acceptors (Lipinski definition) is 4. The molecule has 7 heteroatoms. The first kappa shape index (κ1) is 15.4. The Kier molecular flexibility index (Phi) is 4.60. The summed E-state index contributed by atoms with van der Waals surface area (Å²) >= 11 is 0. The van der Waals surface area contributed by atoms with E-state index in [1.54, 1.807) is 18.2 Å². The predicted octanol–water partition coefficient (Wildman–Crippen LogP) is 0.445. The Morgan fingerprint density at radius 1 is 1.05 bits per heavy atom. The second kappa shape index (κ2) is 5.98. The van der Waals surface area contributed by atoms with Gasteiger partial charge in [-0.15, -0.1) is 0 Å². The summed E-state index contributed by atoms with van der Waals surface area (Å²) in [6, 6.07) is 7.82. The van der Waals surface area contributed by atoms with E-state index in [1.807, 2.05) is 0 Å². The second-order valence-electron chi connectivity index (χ2n) is 4.01. The fourth-order valence-electron chi connectivity index (χ4n) is 1.58. The minimum atomic E-state index is -3.01. The van der Waals surface area contributed by atoms with Crippen molar-refractivity contribution in [3.8, 4) is 0 Å². The van der Waals surface area contributed by atoms with Gasteiger partial charge in [0, 0.05) is 0 Å². The Labute approximate surface area is 113 Å². The zero-order valence-corrected chi connectivity index (χ0v) is 10.2. The van der Waals surface area contributed by atoms with E-state index >= 15 is 0 Å². The van der Waals surface area contributed by atoms with Gasteiger partial charge in [0.2, 0.25) is 5.60 Å². The number of carboxylic acid groups (broad SMARTS) is 3. The van der Waals surface area contributed by atoms with Gasteiger partial charge in [0.1, 0.15) is 0 Å². The Morgan fingerprint density at radius 3 is 2.00 bits per heavy atom. The molecule has 0 fully saturated rings. The molecule has 1 aromatic rings. The first-order valence-electron chi connectivity index (χ1n) is 5.45. The normalized spacial score (nSPS) is 14.3. The first-order chi connectivity index (χ1) is 9.27. The molecule has 0 aliphatic heterocycles. The van der Waals surface area contributed by atoms with Gasteiger partial charge in [-0.3, -0.25) is 4.79 Å². The van der Waals surface area contributed by atoms with Crippen LogP contribution in [0.3, 0.4) is 0 Å². The minimum absolute atomic E-state index is 0.329. The molecule has 1 unspecified atom stereocenters. The van der Waals surface area contributed by atoms with Gasteiger partial charge in [-0.2, -0.15) is 0 Å². The van der Waals surface area contributed by atoms with Crippen LogP contribution in [0, 0.1) is 0 Å². The maximum atomic E-state index is 11.2. The lowest BCUT2D eigenvalue weighted by Gasteiger charge is -2.22. The molecule has 0 bridgehead atoms. The summed E-state index contributed by atoms with van der Waals surface area (Å²) in [5, 5.41) is 36.6. The highest BCUT2D eigenvalue weighted by molar-refractivity contribution is 6.04. The van der Waals surface area contributed by atoms with Crippen molar-refractivity contribution >= 4 is 24.0 Å². The van der Waals surface area contributed by atoms with Crippen molar-refractivity contribution in [1.29, 1.82) is 0 Å². The van der Waals surface area contributed by atoms with Gasteiger partial charge in [-0.1, -0.05) is 30.3 Å². The van der Waals surface area contributed by atoms with E-state index in [4.69, 9.17) is 15.3 Å². The zero-order valence-electron chi connectivity index (χ0n) is 10.2. The summed E-state index contributed by atoms with van der Waals surface area (Å²) in [6.07, 6.45) is -0.327. The second-order valence-corrected chi connectivity index (χ2v) is 4.01. The van der Waals surface area contributed by atoms with E-state index in [2.05, 4.69) is 0 Å². The molecule has 0 saturated carbocycles. The van der Waals surface area contributed by atoms with E-state index < -0.39 is 35.5 Å². The number of aliphatic hydroxyl groups is 1. The summed E-state index contributed by atoms with van der Waals surface area (Å²) < 4.78 is 0. The largest absolute Gasteiger partial charge is 0.481 e. The molecule has 1 atom stereocenters. The van der Waals surface area contributed by atoms with Crippen LogP contribution in [0.15, 0.2) is 35.9 Å². The van der Waals surface area contributed by atoms with Crippen LogP contribution in [-0.2, 0) is 14.4 Å². The fourth-order valence-corrected chi connectivity index (χ4v) is 1.58. The highest BCUT2D eigenvalue weighted by Crippen LogP contribution is 2.24. The lowest BCUT2D eigenvalue weighted by molar-refractivity contribution is -0.163. The summed E-state index contributed by atoms with van der Waals surface area (Å²) in [4.78, 5) is 32.9. The van der Waals surface area contributed by atoms with E-state index in [-0.39, 0.29) is 0 Å². The van der Waals surface area contributed by atoms with Crippen LogP contribution in [-0.4, -0.2) is 43.9 Å². The molecule has 1 aromatic carbocycles. The molecule has 0 aliphatic rings. The fraction of sp³-hybridized carbons (Fsp3) is 0.154. The first-order valence-corrected chi connectivity index (χ1v) is 5.45. The van der Waals surface area contributed by atoms with Crippen molar-refractivity contribution in [2.75, 3.05) is 0 Å². The molecule has 0 saturated heterocycles. The quantitative estimate of drug-likeness (QED) is 0.556. The summed E-state index contributed by atoms with van der Waals surface area (Å²) in [5.41, 5.74) is -3.60. The van der Waals surface area contributed by atoms with Gasteiger partial charge >= 0.3 is 17.9 Å². The molecular formula is C13H12O7. The molecule has 0 spiro atoms. The summed E-state index contributed by atoms with van der Waals surface area (Å²) in [5.74, 6) is -5.28. The number of hydrogen-bond donors (Lipinski definition) is 4. The van der Waals surface area contributed by atoms with Crippen molar-refractivity contribution in [3.05, 3.63) is 41.5 Å². The molecule has 0 amide bonds. The lowest BCUT2D eigenvalue weighted by atomic mass is 9.88. The van der Waals surface area contributed by atoms with E-state index in [9.17, 15) is 19.5 Å². The Hall–Kier alpha value is -2.67. The third-order valence-corrected chi connectivity index (χ3v) is 2.55. The van der Waals surface area contributed by atoms with Gasteiger partial charge < -0.3 is 20.4 Å². The average Bonchev–Trinajstić information content (AvgIpc) is 2.35. The van der Waals surface area contributed by atoms with Gasteiger partial charge in [0.05, 0.1) is 12.0 Å². The molecule has 4 N–H and O–H groups in total. The van der Waals surface area contributed by atoms with Gasteiger partial charge in [-0.25, -0.2) is 9.59 Å². The molecule has 0 radical (unpaired) electrons. The van der Waals surface area contributed by atoms with Crippen LogP contribution >= 0.6 is 0 Å². The highest BCUT2D eigenvalue weighted by Gasteiger charge is 2.45. The Morgan fingerprint density at radius 2 is 1.60 bits per heavy atom. The van der Waals surface area contributed by atoms with Crippen LogP contribution in [0.4, 0.5) is 0 Å². The van der Waals surface area contributed by atoms with E-state index in [0.717, 1.165) is 6.08 Å².